The molecule has 2 aromatic rings. The molecule has 0 radical (unpaired) electrons. The van der Waals surface area contributed by atoms with Gasteiger partial charge in [0.15, 0.2) is 0 Å². The van der Waals surface area contributed by atoms with Crippen molar-refractivity contribution in [2.75, 3.05) is 5.73 Å². The maximum atomic E-state index is 13.0. The summed E-state index contributed by atoms with van der Waals surface area (Å²) in [5.41, 5.74) is 4.34. The molecule has 3 nitrogen and oxygen atoms in total. The highest BCUT2D eigenvalue weighted by molar-refractivity contribution is 5.98. The van der Waals surface area contributed by atoms with Crippen molar-refractivity contribution in [2.45, 2.75) is 6.18 Å². The van der Waals surface area contributed by atoms with Crippen molar-refractivity contribution < 1.29 is 23.1 Å². The van der Waals surface area contributed by atoms with Crippen molar-refractivity contribution in [1.29, 1.82) is 0 Å². The third-order valence-electron chi connectivity index (χ3n) is 2.86. The van der Waals surface area contributed by atoms with Gasteiger partial charge in [0, 0.05) is 5.56 Å². The summed E-state index contributed by atoms with van der Waals surface area (Å²) in [6.07, 6.45) is -4.54. The molecule has 2 aromatic carbocycles. The lowest BCUT2D eigenvalue weighted by Crippen LogP contribution is -2.09. The first-order valence-electron chi connectivity index (χ1n) is 5.60. The number of carbonyl (C=O) groups is 1. The van der Waals surface area contributed by atoms with Gasteiger partial charge in [-0.25, -0.2) is 4.79 Å². The van der Waals surface area contributed by atoms with Crippen LogP contribution < -0.4 is 5.73 Å². The molecule has 0 amide bonds. The fourth-order valence-corrected chi connectivity index (χ4v) is 1.95. The van der Waals surface area contributed by atoms with E-state index in [1.54, 1.807) is 0 Å². The first-order chi connectivity index (χ1) is 9.32. The van der Waals surface area contributed by atoms with Gasteiger partial charge in [0.05, 0.1) is 16.8 Å². The molecule has 0 unspecified atom stereocenters. The lowest BCUT2D eigenvalue weighted by molar-refractivity contribution is -0.137. The lowest BCUT2D eigenvalue weighted by atomic mass is 9.96. The van der Waals surface area contributed by atoms with Crippen LogP contribution in [0.1, 0.15) is 15.9 Å². The highest BCUT2D eigenvalue weighted by Crippen LogP contribution is 2.39. The molecular weight excluding hydrogens is 271 g/mol. The predicted octanol–water partition coefficient (Wildman–Crippen LogP) is 3.65. The monoisotopic (exact) mass is 281 g/mol. The summed E-state index contributed by atoms with van der Waals surface area (Å²) in [5, 5.41) is 8.96. The number of benzene rings is 2. The van der Waals surface area contributed by atoms with E-state index in [2.05, 4.69) is 0 Å². The standard InChI is InChI=1S/C14H10F3NO2/c15-14(16,17)11-7-2-1-4-8(11)9-5-3-6-10(12(9)18)13(19)20/h1-7H,18H2,(H,19,20). The molecule has 0 aliphatic rings. The minimum absolute atomic E-state index is 0.0535. The van der Waals surface area contributed by atoms with E-state index in [9.17, 15) is 18.0 Å². The van der Waals surface area contributed by atoms with Gasteiger partial charge in [-0.2, -0.15) is 13.2 Å². The molecular formula is C14H10F3NO2. The van der Waals surface area contributed by atoms with Crippen LogP contribution in [-0.2, 0) is 6.18 Å². The number of halogens is 3. The number of para-hydroxylation sites is 1. The number of rotatable bonds is 2. The number of anilines is 1. The van der Waals surface area contributed by atoms with E-state index in [1.165, 1.54) is 36.4 Å². The number of hydrogen-bond acceptors (Lipinski definition) is 2. The van der Waals surface area contributed by atoms with Gasteiger partial charge in [-0.1, -0.05) is 30.3 Å². The number of nitrogens with two attached hydrogens (primary N) is 1. The van der Waals surface area contributed by atoms with Crippen molar-refractivity contribution >= 4 is 11.7 Å². The summed E-state index contributed by atoms with van der Waals surface area (Å²) in [5.74, 6) is -1.28. The zero-order valence-corrected chi connectivity index (χ0v) is 10.1. The fourth-order valence-electron chi connectivity index (χ4n) is 1.95. The largest absolute Gasteiger partial charge is 0.478 e. The van der Waals surface area contributed by atoms with Crippen LogP contribution in [0, 0.1) is 0 Å². The Morgan fingerprint density at radius 1 is 1.00 bits per heavy atom. The Hall–Kier alpha value is -2.50. The Bertz CT molecular complexity index is 666. The van der Waals surface area contributed by atoms with Gasteiger partial charge in [-0.05, 0) is 17.7 Å². The number of alkyl halides is 3. The Morgan fingerprint density at radius 3 is 2.20 bits per heavy atom. The Balaban J connectivity index is 2.70. The minimum atomic E-state index is -4.54. The molecule has 104 valence electrons. The van der Waals surface area contributed by atoms with E-state index in [-0.39, 0.29) is 22.4 Å². The lowest BCUT2D eigenvalue weighted by Gasteiger charge is -2.15. The minimum Gasteiger partial charge on any atom is -0.478 e. The Labute approximate surface area is 112 Å². The number of aromatic carboxylic acids is 1. The molecule has 0 aliphatic heterocycles. The predicted molar refractivity (Wildman–Crippen MR) is 68.3 cm³/mol. The van der Waals surface area contributed by atoms with Crippen molar-refractivity contribution in [2.24, 2.45) is 0 Å². The van der Waals surface area contributed by atoms with Crippen LogP contribution in [0.15, 0.2) is 42.5 Å². The fraction of sp³-hybridized carbons (Fsp3) is 0.0714. The van der Waals surface area contributed by atoms with Crippen LogP contribution in [0.25, 0.3) is 11.1 Å². The molecule has 0 bridgehead atoms. The zero-order chi connectivity index (χ0) is 14.9. The summed E-state index contributed by atoms with van der Waals surface area (Å²) in [7, 11) is 0. The van der Waals surface area contributed by atoms with E-state index in [0.29, 0.717) is 0 Å². The first kappa shape index (κ1) is 13.9. The number of nitrogen functional groups attached to an aromatic ring is 1. The third kappa shape index (κ3) is 2.45. The van der Waals surface area contributed by atoms with E-state index in [4.69, 9.17) is 10.8 Å². The van der Waals surface area contributed by atoms with Gasteiger partial charge in [0.1, 0.15) is 0 Å². The molecule has 0 aliphatic carbocycles. The van der Waals surface area contributed by atoms with Gasteiger partial charge in [0.25, 0.3) is 0 Å². The first-order valence-corrected chi connectivity index (χ1v) is 5.60. The topological polar surface area (TPSA) is 63.3 Å². The maximum absolute atomic E-state index is 13.0. The molecule has 20 heavy (non-hydrogen) atoms. The molecule has 0 saturated heterocycles. The summed E-state index contributed by atoms with van der Waals surface area (Å²) in [4.78, 5) is 11.0. The summed E-state index contributed by atoms with van der Waals surface area (Å²) < 4.78 is 38.9. The number of carboxylic acids is 1. The second-order valence-electron chi connectivity index (χ2n) is 4.12. The molecule has 0 fully saturated rings. The van der Waals surface area contributed by atoms with Crippen LogP contribution in [0.4, 0.5) is 18.9 Å². The normalized spacial score (nSPS) is 11.3. The molecule has 0 aromatic heterocycles. The Morgan fingerprint density at radius 2 is 1.60 bits per heavy atom. The summed E-state index contributed by atoms with van der Waals surface area (Å²) in [6, 6.07) is 8.88. The van der Waals surface area contributed by atoms with Crippen molar-refractivity contribution in [3.8, 4) is 11.1 Å². The van der Waals surface area contributed by atoms with Crippen LogP contribution in [0.3, 0.4) is 0 Å². The molecule has 0 saturated carbocycles. The Kier molecular flexibility index (Phi) is 3.40. The number of hydrogen-bond donors (Lipinski definition) is 2. The molecule has 6 heteroatoms. The summed E-state index contributed by atoms with van der Waals surface area (Å²) in [6.45, 7) is 0. The second kappa shape index (κ2) is 4.88. The van der Waals surface area contributed by atoms with Gasteiger partial charge in [-0.15, -0.1) is 0 Å². The molecule has 0 spiro atoms. The highest BCUT2D eigenvalue weighted by atomic mass is 19.4. The maximum Gasteiger partial charge on any atom is 0.417 e. The van der Waals surface area contributed by atoms with E-state index >= 15 is 0 Å². The van der Waals surface area contributed by atoms with Gasteiger partial charge < -0.3 is 10.8 Å². The van der Waals surface area contributed by atoms with Gasteiger partial charge in [0.2, 0.25) is 0 Å². The average molecular weight is 281 g/mol. The van der Waals surface area contributed by atoms with Gasteiger partial charge in [-0.3, -0.25) is 0 Å². The van der Waals surface area contributed by atoms with Crippen molar-refractivity contribution in [3.05, 3.63) is 53.6 Å². The van der Waals surface area contributed by atoms with E-state index < -0.39 is 17.7 Å². The molecule has 0 atom stereocenters. The number of carboxylic acid groups (broad SMARTS) is 1. The van der Waals surface area contributed by atoms with Crippen molar-refractivity contribution in [1.82, 2.24) is 0 Å². The van der Waals surface area contributed by atoms with Crippen molar-refractivity contribution in [3.63, 3.8) is 0 Å². The summed E-state index contributed by atoms with van der Waals surface area (Å²) >= 11 is 0. The molecule has 0 heterocycles. The second-order valence-corrected chi connectivity index (χ2v) is 4.12. The van der Waals surface area contributed by atoms with Crippen LogP contribution in [0.2, 0.25) is 0 Å². The SMILES string of the molecule is Nc1c(C(=O)O)cccc1-c1ccccc1C(F)(F)F. The molecule has 3 N–H and O–H groups in total. The van der Waals surface area contributed by atoms with Crippen LogP contribution in [-0.4, -0.2) is 11.1 Å². The quantitative estimate of drug-likeness (QED) is 0.826. The van der Waals surface area contributed by atoms with E-state index in [1.807, 2.05) is 0 Å². The van der Waals surface area contributed by atoms with Crippen LogP contribution in [0.5, 0.6) is 0 Å². The van der Waals surface area contributed by atoms with Crippen LogP contribution >= 0.6 is 0 Å². The highest BCUT2D eigenvalue weighted by Gasteiger charge is 2.33. The van der Waals surface area contributed by atoms with E-state index in [0.717, 1.165) is 6.07 Å². The average Bonchev–Trinajstić information content (AvgIpc) is 2.37. The smallest absolute Gasteiger partial charge is 0.417 e. The zero-order valence-electron chi connectivity index (χ0n) is 10.1. The van der Waals surface area contributed by atoms with Gasteiger partial charge >= 0.3 is 12.1 Å². The molecule has 2 rings (SSSR count). The third-order valence-corrected chi connectivity index (χ3v) is 2.86.